The first-order valence-corrected chi connectivity index (χ1v) is 7.53. The first kappa shape index (κ1) is 13.2. The first-order chi connectivity index (χ1) is 9.74. The molecule has 0 spiro atoms. The van der Waals surface area contributed by atoms with E-state index in [2.05, 4.69) is 10.3 Å². The van der Waals surface area contributed by atoms with Gasteiger partial charge in [0.15, 0.2) is 0 Å². The molecular weight excluding hydrogens is 274 g/mol. The summed E-state index contributed by atoms with van der Waals surface area (Å²) < 4.78 is 0. The molecule has 0 unspecified atom stereocenters. The summed E-state index contributed by atoms with van der Waals surface area (Å²) in [6.07, 6.45) is 2.23. The Balaban J connectivity index is 1.85. The van der Waals surface area contributed by atoms with E-state index in [0.29, 0.717) is 5.92 Å². The molecule has 20 heavy (non-hydrogen) atoms. The molecule has 6 heteroatoms. The van der Waals surface area contributed by atoms with E-state index in [1.807, 2.05) is 11.4 Å². The van der Waals surface area contributed by atoms with Crippen molar-refractivity contribution in [2.45, 2.75) is 18.8 Å². The Morgan fingerprint density at radius 1 is 1.35 bits per heavy atom. The summed E-state index contributed by atoms with van der Waals surface area (Å²) in [7, 11) is 0. The second kappa shape index (κ2) is 5.68. The standard InChI is InChI=1S/C14H15N3O2S/c18-17(19)12-3-1-2-11(8-12)13-9-20-14(16-13)10-4-6-15-7-5-10/h1-3,8-10,15H,4-7H2. The van der Waals surface area contributed by atoms with Gasteiger partial charge in [0.2, 0.25) is 0 Å². The van der Waals surface area contributed by atoms with E-state index in [1.165, 1.54) is 6.07 Å². The lowest BCUT2D eigenvalue weighted by Gasteiger charge is -2.20. The normalized spacial score (nSPS) is 16.2. The summed E-state index contributed by atoms with van der Waals surface area (Å²) >= 11 is 1.66. The average molecular weight is 289 g/mol. The second-order valence-electron chi connectivity index (χ2n) is 4.90. The third-order valence-corrected chi connectivity index (χ3v) is 4.57. The van der Waals surface area contributed by atoms with Crippen molar-refractivity contribution in [2.24, 2.45) is 0 Å². The zero-order valence-corrected chi connectivity index (χ0v) is 11.7. The summed E-state index contributed by atoms with van der Waals surface area (Å²) in [5.74, 6) is 0.522. The van der Waals surface area contributed by atoms with Crippen molar-refractivity contribution in [2.75, 3.05) is 13.1 Å². The van der Waals surface area contributed by atoms with Gasteiger partial charge in [-0.1, -0.05) is 12.1 Å². The number of hydrogen-bond donors (Lipinski definition) is 1. The number of nitro benzene ring substituents is 1. The molecule has 1 aromatic carbocycles. The van der Waals surface area contributed by atoms with Crippen LogP contribution >= 0.6 is 11.3 Å². The van der Waals surface area contributed by atoms with E-state index in [4.69, 9.17) is 0 Å². The quantitative estimate of drug-likeness (QED) is 0.696. The van der Waals surface area contributed by atoms with Gasteiger partial charge in [0.05, 0.1) is 15.6 Å². The van der Waals surface area contributed by atoms with E-state index in [-0.39, 0.29) is 10.6 Å². The van der Waals surface area contributed by atoms with Gasteiger partial charge < -0.3 is 5.32 Å². The van der Waals surface area contributed by atoms with E-state index < -0.39 is 0 Å². The molecule has 0 radical (unpaired) electrons. The Kier molecular flexibility index (Phi) is 3.75. The molecule has 1 fully saturated rings. The smallest absolute Gasteiger partial charge is 0.270 e. The maximum Gasteiger partial charge on any atom is 0.270 e. The number of hydrogen-bond acceptors (Lipinski definition) is 5. The van der Waals surface area contributed by atoms with Gasteiger partial charge in [-0.2, -0.15) is 0 Å². The van der Waals surface area contributed by atoms with Crippen LogP contribution in [0.5, 0.6) is 0 Å². The maximum absolute atomic E-state index is 10.8. The van der Waals surface area contributed by atoms with Crippen molar-refractivity contribution in [3.8, 4) is 11.3 Å². The minimum Gasteiger partial charge on any atom is -0.317 e. The SMILES string of the molecule is O=[N+]([O-])c1cccc(-c2csc(C3CCNCC3)n2)c1. The van der Waals surface area contributed by atoms with Crippen LogP contribution in [0, 0.1) is 10.1 Å². The van der Waals surface area contributed by atoms with Gasteiger partial charge in [-0.25, -0.2) is 4.98 Å². The number of piperidine rings is 1. The number of non-ortho nitro benzene ring substituents is 1. The number of nitrogens with zero attached hydrogens (tertiary/aromatic N) is 2. The molecule has 0 atom stereocenters. The van der Waals surface area contributed by atoms with Gasteiger partial charge >= 0.3 is 0 Å². The molecule has 1 saturated heterocycles. The molecule has 0 saturated carbocycles. The second-order valence-corrected chi connectivity index (χ2v) is 5.79. The van der Waals surface area contributed by atoms with E-state index >= 15 is 0 Å². The molecule has 0 bridgehead atoms. The van der Waals surface area contributed by atoms with Crippen molar-refractivity contribution in [1.29, 1.82) is 0 Å². The van der Waals surface area contributed by atoms with Crippen molar-refractivity contribution in [1.82, 2.24) is 10.3 Å². The van der Waals surface area contributed by atoms with Crippen LogP contribution < -0.4 is 5.32 Å². The Hall–Kier alpha value is -1.79. The number of rotatable bonds is 3. The zero-order chi connectivity index (χ0) is 13.9. The number of benzene rings is 1. The number of aromatic nitrogens is 1. The highest BCUT2D eigenvalue weighted by Crippen LogP contribution is 2.32. The fourth-order valence-corrected chi connectivity index (χ4v) is 3.46. The fraction of sp³-hybridized carbons (Fsp3) is 0.357. The highest BCUT2D eigenvalue weighted by atomic mass is 32.1. The minimum atomic E-state index is -0.371. The number of thiazole rings is 1. The summed E-state index contributed by atoms with van der Waals surface area (Å²) in [6.45, 7) is 2.08. The Morgan fingerprint density at radius 2 is 2.15 bits per heavy atom. The van der Waals surface area contributed by atoms with Gasteiger partial charge in [0.1, 0.15) is 0 Å². The van der Waals surface area contributed by atoms with E-state index in [9.17, 15) is 10.1 Å². The summed E-state index contributed by atoms with van der Waals surface area (Å²) in [4.78, 5) is 15.1. The van der Waals surface area contributed by atoms with Crippen LogP contribution in [-0.2, 0) is 0 Å². The zero-order valence-electron chi connectivity index (χ0n) is 10.9. The first-order valence-electron chi connectivity index (χ1n) is 6.65. The lowest BCUT2D eigenvalue weighted by Crippen LogP contribution is -2.26. The molecule has 1 N–H and O–H groups in total. The predicted octanol–water partition coefficient (Wildman–Crippen LogP) is 3.19. The Bertz CT molecular complexity index is 620. The highest BCUT2D eigenvalue weighted by molar-refractivity contribution is 7.10. The van der Waals surface area contributed by atoms with Crippen molar-refractivity contribution < 1.29 is 4.92 Å². The van der Waals surface area contributed by atoms with Crippen LogP contribution in [0.15, 0.2) is 29.6 Å². The molecule has 1 aromatic heterocycles. The summed E-state index contributed by atoms with van der Waals surface area (Å²) in [5.41, 5.74) is 1.77. The van der Waals surface area contributed by atoms with Crippen LogP contribution in [0.4, 0.5) is 5.69 Å². The van der Waals surface area contributed by atoms with E-state index in [0.717, 1.165) is 42.2 Å². The maximum atomic E-state index is 10.8. The molecular formula is C14H15N3O2S. The van der Waals surface area contributed by atoms with Gasteiger partial charge in [-0.3, -0.25) is 10.1 Å². The fourth-order valence-electron chi connectivity index (χ4n) is 2.46. The summed E-state index contributed by atoms with van der Waals surface area (Å²) in [5, 5.41) is 17.3. The van der Waals surface area contributed by atoms with Crippen molar-refractivity contribution >= 4 is 17.0 Å². The number of nitrogens with one attached hydrogen (secondary N) is 1. The molecule has 2 heterocycles. The third-order valence-electron chi connectivity index (χ3n) is 3.56. The average Bonchev–Trinajstić information content (AvgIpc) is 2.98. The van der Waals surface area contributed by atoms with Gasteiger partial charge in [-0.15, -0.1) is 11.3 Å². The van der Waals surface area contributed by atoms with Gasteiger partial charge in [-0.05, 0) is 25.9 Å². The van der Waals surface area contributed by atoms with Crippen LogP contribution in [0.3, 0.4) is 0 Å². The van der Waals surface area contributed by atoms with Gasteiger partial charge in [0, 0.05) is 29.0 Å². The van der Waals surface area contributed by atoms with Crippen LogP contribution in [0.2, 0.25) is 0 Å². The van der Waals surface area contributed by atoms with Crippen molar-refractivity contribution in [3.63, 3.8) is 0 Å². The van der Waals surface area contributed by atoms with Crippen LogP contribution in [-0.4, -0.2) is 23.0 Å². The molecule has 1 aliphatic rings. The van der Waals surface area contributed by atoms with Crippen LogP contribution in [0.1, 0.15) is 23.8 Å². The lowest BCUT2D eigenvalue weighted by atomic mass is 9.99. The molecule has 3 rings (SSSR count). The molecule has 0 amide bonds. The molecule has 0 aliphatic carbocycles. The van der Waals surface area contributed by atoms with E-state index in [1.54, 1.807) is 23.5 Å². The van der Waals surface area contributed by atoms with Crippen LogP contribution in [0.25, 0.3) is 11.3 Å². The largest absolute Gasteiger partial charge is 0.317 e. The number of nitro groups is 1. The molecule has 1 aliphatic heterocycles. The Labute approximate surface area is 120 Å². The highest BCUT2D eigenvalue weighted by Gasteiger charge is 2.19. The monoisotopic (exact) mass is 289 g/mol. The molecule has 5 nitrogen and oxygen atoms in total. The summed E-state index contributed by atoms with van der Waals surface area (Å²) in [6, 6.07) is 6.66. The Morgan fingerprint density at radius 3 is 2.90 bits per heavy atom. The molecule has 104 valence electrons. The minimum absolute atomic E-state index is 0.110. The van der Waals surface area contributed by atoms with Crippen molar-refractivity contribution in [3.05, 3.63) is 44.8 Å². The predicted molar refractivity (Wildman–Crippen MR) is 79.0 cm³/mol. The lowest BCUT2D eigenvalue weighted by molar-refractivity contribution is -0.384. The third kappa shape index (κ3) is 2.71. The molecule has 2 aromatic rings. The topological polar surface area (TPSA) is 68.1 Å². The van der Waals surface area contributed by atoms with Gasteiger partial charge in [0.25, 0.3) is 5.69 Å².